The Kier molecular flexibility index (Phi) is 5.20. The van der Waals surface area contributed by atoms with Gasteiger partial charge < -0.3 is 14.2 Å². The van der Waals surface area contributed by atoms with E-state index in [1.165, 1.54) is 12.0 Å². The van der Waals surface area contributed by atoms with E-state index >= 15 is 0 Å². The zero-order chi connectivity index (χ0) is 19.6. The molecule has 2 aromatic rings. The molecule has 2 fully saturated rings. The summed E-state index contributed by atoms with van der Waals surface area (Å²) < 4.78 is 5.21. The molecule has 3 heterocycles. The first-order valence-corrected chi connectivity index (χ1v) is 10.1. The van der Waals surface area contributed by atoms with Crippen molar-refractivity contribution in [1.29, 1.82) is 0 Å². The molecular weight excluding hydrogens is 354 g/mol. The number of likely N-dealkylation sites (tertiary alicyclic amines) is 2. The number of aryl methyl sites for hydroxylation is 1. The van der Waals surface area contributed by atoms with E-state index in [4.69, 9.17) is 4.42 Å². The molecule has 2 amide bonds. The molecule has 1 aromatic carbocycles. The minimum absolute atomic E-state index is 0.00382. The Morgan fingerprint density at radius 3 is 2.79 bits per heavy atom. The lowest BCUT2D eigenvalue weighted by molar-refractivity contribution is -0.138. The molecule has 0 saturated carbocycles. The van der Waals surface area contributed by atoms with Crippen molar-refractivity contribution in [3.05, 3.63) is 53.7 Å². The molecule has 0 N–H and O–H groups in total. The molecular formula is C22H27N3O3. The molecule has 6 heteroatoms. The number of amides is 2. The molecule has 148 valence electrons. The second-order valence-electron chi connectivity index (χ2n) is 8.14. The summed E-state index contributed by atoms with van der Waals surface area (Å²) in [6.07, 6.45) is 5.64. The smallest absolute Gasteiger partial charge is 0.276 e. The first-order valence-electron chi connectivity index (χ1n) is 10.1. The van der Waals surface area contributed by atoms with Crippen molar-refractivity contribution in [2.75, 3.05) is 26.2 Å². The second kappa shape index (κ2) is 7.78. The van der Waals surface area contributed by atoms with E-state index in [0.717, 1.165) is 45.3 Å². The molecule has 6 nitrogen and oxygen atoms in total. The summed E-state index contributed by atoms with van der Waals surface area (Å²) in [7, 11) is 0. The molecule has 1 spiro atoms. The van der Waals surface area contributed by atoms with Crippen LogP contribution in [0.25, 0.3) is 0 Å². The van der Waals surface area contributed by atoms with Crippen LogP contribution in [0.4, 0.5) is 0 Å². The largest absolute Gasteiger partial charge is 0.448 e. The normalized spacial score (nSPS) is 22.7. The monoisotopic (exact) mass is 381 g/mol. The fourth-order valence-corrected chi connectivity index (χ4v) is 4.59. The summed E-state index contributed by atoms with van der Waals surface area (Å²) in [5.74, 6) is 0.739. The highest BCUT2D eigenvalue weighted by atomic mass is 16.3. The zero-order valence-corrected chi connectivity index (χ0v) is 16.4. The molecule has 2 aliphatic heterocycles. The van der Waals surface area contributed by atoms with Crippen LogP contribution < -0.4 is 0 Å². The van der Waals surface area contributed by atoms with Crippen LogP contribution in [-0.4, -0.2) is 52.8 Å². The second-order valence-corrected chi connectivity index (χ2v) is 8.14. The number of carbonyl (C=O) groups is 2. The zero-order valence-electron chi connectivity index (χ0n) is 16.4. The summed E-state index contributed by atoms with van der Waals surface area (Å²) >= 11 is 0. The summed E-state index contributed by atoms with van der Waals surface area (Å²) in [4.78, 5) is 33.4. The van der Waals surface area contributed by atoms with Gasteiger partial charge in [-0.25, -0.2) is 4.98 Å². The van der Waals surface area contributed by atoms with E-state index < -0.39 is 0 Å². The van der Waals surface area contributed by atoms with Gasteiger partial charge in [0, 0.05) is 38.0 Å². The van der Waals surface area contributed by atoms with Crippen molar-refractivity contribution < 1.29 is 14.0 Å². The van der Waals surface area contributed by atoms with Gasteiger partial charge in [-0.3, -0.25) is 9.59 Å². The highest BCUT2D eigenvalue weighted by Crippen LogP contribution is 2.39. The average Bonchev–Trinajstić information content (AvgIpc) is 3.15. The van der Waals surface area contributed by atoms with Gasteiger partial charge in [-0.05, 0) is 38.2 Å². The van der Waals surface area contributed by atoms with Crippen LogP contribution in [0.3, 0.4) is 0 Å². The fraction of sp³-hybridized carbons (Fsp3) is 0.500. The quantitative estimate of drug-likeness (QED) is 0.816. The Hall–Kier alpha value is -2.63. The average molecular weight is 381 g/mol. The highest BCUT2D eigenvalue weighted by Gasteiger charge is 2.43. The van der Waals surface area contributed by atoms with Gasteiger partial charge in [0.15, 0.2) is 12.1 Å². The third-order valence-corrected chi connectivity index (χ3v) is 6.16. The SMILES string of the molecule is Cc1ocnc1C(=O)N1CCC[C@]2(CCC(=O)N(CCc3ccccc3)C2)C1. The van der Waals surface area contributed by atoms with Gasteiger partial charge in [0.1, 0.15) is 5.76 Å². The van der Waals surface area contributed by atoms with Gasteiger partial charge in [0.2, 0.25) is 5.91 Å². The maximum Gasteiger partial charge on any atom is 0.276 e. The number of carbonyl (C=O) groups excluding carboxylic acids is 2. The van der Waals surface area contributed by atoms with Crippen LogP contribution in [0.2, 0.25) is 0 Å². The molecule has 0 aliphatic carbocycles. The van der Waals surface area contributed by atoms with Crippen LogP contribution in [-0.2, 0) is 11.2 Å². The minimum Gasteiger partial charge on any atom is -0.448 e. The lowest BCUT2D eigenvalue weighted by Crippen LogP contribution is -2.55. The first kappa shape index (κ1) is 18.7. The Morgan fingerprint density at radius 1 is 1.21 bits per heavy atom. The van der Waals surface area contributed by atoms with E-state index in [2.05, 4.69) is 17.1 Å². The lowest BCUT2D eigenvalue weighted by atomic mass is 9.73. The van der Waals surface area contributed by atoms with Crippen LogP contribution >= 0.6 is 0 Å². The van der Waals surface area contributed by atoms with Gasteiger partial charge in [0.25, 0.3) is 5.91 Å². The van der Waals surface area contributed by atoms with Crippen LogP contribution in [0, 0.1) is 12.3 Å². The fourth-order valence-electron chi connectivity index (χ4n) is 4.59. The number of aromatic nitrogens is 1. The Morgan fingerprint density at radius 2 is 2.04 bits per heavy atom. The maximum atomic E-state index is 12.9. The van der Waals surface area contributed by atoms with Crippen molar-refractivity contribution in [3.63, 3.8) is 0 Å². The number of hydrogen-bond donors (Lipinski definition) is 0. The van der Waals surface area contributed by atoms with Gasteiger partial charge in [-0.1, -0.05) is 30.3 Å². The molecule has 1 aromatic heterocycles. The predicted octanol–water partition coefficient (Wildman–Crippen LogP) is 3.07. The van der Waals surface area contributed by atoms with Gasteiger partial charge in [-0.2, -0.15) is 0 Å². The molecule has 1 atom stereocenters. The molecule has 2 aliphatic rings. The Labute approximate surface area is 165 Å². The molecule has 0 bridgehead atoms. The number of oxazole rings is 1. The number of nitrogens with zero attached hydrogens (tertiary/aromatic N) is 3. The maximum absolute atomic E-state index is 12.9. The number of piperidine rings is 2. The van der Waals surface area contributed by atoms with E-state index in [1.54, 1.807) is 6.92 Å². The van der Waals surface area contributed by atoms with Crippen molar-refractivity contribution in [2.45, 2.75) is 39.0 Å². The minimum atomic E-state index is -0.0574. The Balaban J connectivity index is 1.43. The third-order valence-electron chi connectivity index (χ3n) is 6.16. The van der Waals surface area contributed by atoms with Gasteiger partial charge >= 0.3 is 0 Å². The predicted molar refractivity (Wildman–Crippen MR) is 105 cm³/mol. The van der Waals surface area contributed by atoms with E-state index in [9.17, 15) is 9.59 Å². The Bertz CT molecular complexity index is 848. The first-order chi connectivity index (χ1) is 13.6. The van der Waals surface area contributed by atoms with E-state index in [-0.39, 0.29) is 17.2 Å². The van der Waals surface area contributed by atoms with E-state index in [1.807, 2.05) is 28.0 Å². The van der Waals surface area contributed by atoms with Crippen LogP contribution in [0.5, 0.6) is 0 Å². The molecule has 2 saturated heterocycles. The molecule has 0 unspecified atom stereocenters. The van der Waals surface area contributed by atoms with Crippen molar-refractivity contribution in [1.82, 2.24) is 14.8 Å². The highest BCUT2D eigenvalue weighted by molar-refractivity contribution is 5.93. The van der Waals surface area contributed by atoms with Crippen LogP contribution in [0.1, 0.15) is 47.5 Å². The van der Waals surface area contributed by atoms with Gasteiger partial charge in [-0.15, -0.1) is 0 Å². The van der Waals surface area contributed by atoms with Crippen LogP contribution in [0.15, 0.2) is 41.1 Å². The molecule has 28 heavy (non-hydrogen) atoms. The number of hydrogen-bond acceptors (Lipinski definition) is 4. The lowest BCUT2D eigenvalue weighted by Gasteiger charge is -2.48. The summed E-state index contributed by atoms with van der Waals surface area (Å²) in [6.45, 7) is 4.67. The van der Waals surface area contributed by atoms with Crippen molar-refractivity contribution >= 4 is 11.8 Å². The summed E-state index contributed by atoms with van der Waals surface area (Å²) in [5.41, 5.74) is 1.65. The molecule has 4 rings (SSSR count). The molecule has 0 radical (unpaired) electrons. The number of benzene rings is 1. The third kappa shape index (κ3) is 3.81. The van der Waals surface area contributed by atoms with Gasteiger partial charge in [0.05, 0.1) is 0 Å². The van der Waals surface area contributed by atoms with Crippen molar-refractivity contribution in [2.24, 2.45) is 5.41 Å². The summed E-state index contributed by atoms with van der Waals surface area (Å²) in [6, 6.07) is 10.3. The number of rotatable bonds is 4. The standard InChI is InChI=1S/C22H27N3O3/c1-17-20(23-16-28-17)21(27)25-12-5-10-22(15-25)11-8-19(26)24(14-22)13-9-18-6-3-2-4-7-18/h2-4,6-7,16H,5,8-15H2,1H3/t22-/m1/s1. The van der Waals surface area contributed by atoms with Crippen molar-refractivity contribution in [3.8, 4) is 0 Å². The van der Waals surface area contributed by atoms with E-state index in [0.29, 0.717) is 24.4 Å². The summed E-state index contributed by atoms with van der Waals surface area (Å²) in [5, 5.41) is 0. The topological polar surface area (TPSA) is 66.7 Å².